The molecule has 0 aromatic heterocycles. The van der Waals surface area contributed by atoms with Crippen LogP contribution in [0, 0.1) is 17.8 Å². The number of hydrogen-bond donors (Lipinski definition) is 1. The van der Waals surface area contributed by atoms with Gasteiger partial charge in [0, 0.05) is 26.7 Å². The molecule has 0 spiro atoms. The standard InChI is InChI=1S/C23H43NO2/c1-26-18-12-4-2-3-11-17-24-23(25)19-22(20-13-7-5-8-14-20)21-15-9-6-10-16-21/h20-22H,2-19H2,1H3,(H,24,25). The molecule has 0 heterocycles. The molecule has 0 bridgehead atoms. The lowest BCUT2D eigenvalue weighted by Gasteiger charge is -2.37. The zero-order valence-corrected chi connectivity index (χ0v) is 17.3. The summed E-state index contributed by atoms with van der Waals surface area (Å²) >= 11 is 0. The predicted molar refractivity (Wildman–Crippen MR) is 109 cm³/mol. The quantitative estimate of drug-likeness (QED) is 0.439. The number of rotatable bonds is 12. The number of amides is 1. The lowest BCUT2D eigenvalue weighted by Crippen LogP contribution is -2.34. The van der Waals surface area contributed by atoms with Crippen LogP contribution in [0.4, 0.5) is 0 Å². The van der Waals surface area contributed by atoms with Gasteiger partial charge < -0.3 is 10.1 Å². The molecule has 0 aromatic rings. The lowest BCUT2D eigenvalue weighted by atomic mass is 9.68. The van der Waals surface area contributed by atoms with Crippen molar-refractivity contribution in [1.29, 1.82) is 0 Å². The van der Waals surface area contributed by atoms with Gasteiger partial charge in [0.1, 0.15) is 0 Å². The van der Waals surface area contributed by atoms with Crippen LogP contribution in [-0.2, 0) is 9.53 Å². The SMILES string of the molecule is COCCCCCCCNC(=O)CC(C1CCCCC1)C1CCCCC1. The van der Waals surface area contributed by atoms with E-state index >= 15 is 0 Å². The number of unbranched alkanes of at least 4 members (excludes halogenated alkanes) is 4. The summed E-state index contributed by atoms with van der Waals surface area (Å²) in [6, 6.07) is 0. The Hall–Kier alpha value is -0.570. The Morgan fingerprint density at radius 3 is 1.96 bits per heavy atom. The molecule has 0 saturated heterocycles. The third-order valence-corrected chi connectivity index (χ3v) is 6.78. The zero-order chi connectivity index (χ0) is 18.5. The van der Waals surface area contributed by atoms with Crippen LogP contribution in [0.25, 0.3) is 0 Å². The molecule has 0 unspecified atom stereocenters. The van der Waals surface area contributed by atoms with Gasteiger partial charge in [0.2, 0.25) is 5.91 Å². The summed E-state index contributed by atoms with van der Waals surface area (Å²) in [6.45, 7) is 1.74. The van der Waals surface area contributed by atoms with Crippen molar-refractivity contribution >= 4 is 5.91 Å². The van der Waals surface area contributed by atoms with E-state index in [1.54, 1.807) is 7.11 Å². The van der Waals surface area contributed by atoms with Crippen molar-refractivity contribution in [2.24, 2.45) is 17.8 Å². The van der Waals surface area contributed by atoms with Gasteiger partial charge in [0.15, 0.2) is 0 Å². The van der Waals surface area contributed by atoms with Crippen LogP contribution in [0.3, 0.4) is 0 Å². The molecule has 2 saturated carbocycles. The summed E-state index contributed by atoms with van der Waals surface area (Å²) in [5.41, 5.74) is 0. The topological polar surface area (TPSA) is 38.3 Å². The highest BCUT2D eigenvalue weighted by Crippen LogP contribution is 2.41. The fourth-order valence-electron chi connectivity index (χ4n) is 5.26. The van der Waals surface area contributed by atoms with Crippen LogP contribution in [0.1, 0.15) is 103 Å². The number of ether oxygens (including phenoxy) is 1. The molecule has 1 N–H and O–H groups in total. The minimum atomic E-state index is 0.325. The van der Waals surface area contributed by atoms with Crippen molar-refractivity contribution in [1.82, 2.24) is 5.32 Å². The molecule has 2 rings (SSSR count). The molecule has 2 fully saturated rings. The second-order valence-electron chi connectivity index (χ2n) is 8.77. The van der Waals surface area contributed by atoms with Crippen LogP contribution >= 0.6 is 0 Å². The van der Waals surface area contributed by atoms with Crippen LogP contribution in [0.15, 0.2) is 0 Å². The first-order valence-electron chi connectivity index (χ1n) is 11.6. The fraction of sp³-hybridized carbons (Fsp3) is 0.957. The van der Waals surface area contributed by atoms with Crippen molar-refractivity contribution < 1.29 is 9.53 Å². The lowest BCUT2D eigenvalue weighted by molar-refractivity contribution is -0.123. The Kier molecular flexibility index (Phi) is 11.3. The minimum absolute atomic E-state index is 0.325. The largest absolute Gasteiger partial charge is 0.385 e. The molecular weight excluding hydrogens is 322 g/mol. The van der Waals surface area contributed by atoms with Crippen LogP contribution in [-0.4, -0.2) is 26.2 Å². The van der Waals surface area contributed by atoms with E-state index in [9.17, 15) is 4.79 Å². The monoisotopic (exact) mass is 365 g/mol. The second kappa shape index (κ2) is 13.6. The third-order valence-electron chi connectivity index (χ3n) is 6.78. The Balaban J connectivity index is 1.66. The maximum Gasteiger partial charge on any atom is 0.220 e. The molecule has 0 radical (unpaired) electrons. The fourth-order valence-corrected chi connectivity index (χ4v) is 5.26. The molecular formula is C23H43NO2. The van der Waals surface area contributed by atoms with Gasteiger partial charge in [-0.3, -0.25) is 4.79 Å². The minimum Gasteiger partial charge on any atom is -0.385 e. The number of hydrogen-bond acceptors (Lipinski definition) is 2. The van der Waals surface area contributed by atoms with Crippen molar-refractivity contribution in [3.8, 4) is 0 Å². The van der Waals surface area contributed by atoms with Crippen molar-refractivity contribution in [2.45, 2.75) is 103 Å². The van der Waals surface area contributed by atoms with Crippen LogP contribution in [0.2, 0.25) is 0 Å². The summed E-state index contributed by atoms with van der Waals surface area (Å²) in [7, 11) is 1.77. The van der Waals surface area contributed by atoms with Gasteiger partial charge in [-0.2, -0.15) is 0 Å². The third kappa shape index (κ3) is 8.41. The van der Waals surface area contributed by atoms with Crippen molar-refractivity contribution in [2.75, 3.05) is 20.3 Å². The highest BCUT2D eigenvalue weighted by Gasteiger charge is 2.32. The van der Waals surface area contributed by atoms with E-state index < -0.39 is 0 Å². The van der Waals surface area contributed by atoms with E-state index in [4.69, 9.17) is 4.74 Å². The molecule has 2 aliphatic rings. The van der Waals surface area contributed by atoms with Crippen LogP contribution < -0.4 is 5.32 Å². The van der Waals surface area contributed by atoms with Gasteiger partial charge in [-0.1, -0.05) is 83.5 Å². The first kappa shape index (κ1) is 21.7. The van der Waals surface area contributed by atoms with E-state index in [2.05, 4.69) is 5.32 Å². The Bertz CT molecular complexity index is 341. The predicted octanol–water partition coefficient (Wildman–Crippen LogP) is 5.87. The molecule has 152 valence electrons. The maximum atomic E-state index is 12.6. The average molecular weight is 366 g/mol. The van der Waals surface area contributed by atoms with E-state index in [-0.39, 0.29) is 0 Å². The van der Waals surface area contributed by atoms with Gasteiger partial charge >= 0.3 is 0 Å². The number of nitrogens with one attached hydrogen (secondary N) is 1. The molecule has 1 amide bonds. The molecule has 26 heavy (non-hydrogen) atoms. The molecule has 0 atom stereocenters. The molecule has 0 aromatic carbocycles. The maximum absolute atomic E-state index is 12.6. The molecule has 0 aliphatic heterocycles. The van der Waals surface area contributed by atoms with E-state index in [0.717, 1.165) is 44.2 Å². The van der Waals surface area contributed by atoms with Gasteiger partial charge in [0.05, 0.1) is 0 Å². The first-order valence-corrected chi connectivity index (χ1v) is 11.6. The summed E-state index contributed by atoms with van der Waals surface area (Å²) in [6.07, 6.45) is 20.6. The van der Waals surface area contributed by atoms with Gasteiger partial charge in [-0.25, -0.2) is 0 Å². The van der Waals surface area contributed by atoms with Crippen LogP contribution in [0.5, 0.6) is 0 Å². The van der Waals surface area contributed by atoms with Gasteiger partial charge in [-0.15, -0.1) is 0 Å². The average Bonchev–Trinajstić information content (AvgIpc) is 2.69. The second-order valence-corrected chi connectivity index (χ2v) is 8.77. The number of carbonyl (C=O) groups excluding carboxylic acids is 1. The van der Waals surface area contributed by atoms with E-state index in [0.29, 0.717) is 11.8 Å². The Morgan fingerprint density at radius 2 is 1.38 bits per heavy atom. The summed E-state index contributed by atoms with van der Waals surface area (Å²) in [5, 5.41) is 3.23. The normalized spacial score (nSPS) is 19.8. The summed E-state index contributed by atoms with van der Waals surface area (Å²) in [5.74, 6) is 2.62. The number of carbonyl (C=O) groups is 1. The van der Waals surface area contributed by atoms with Gasteiger partial charge in [0.25, 0.3) is 0 Å². The number of methoxy groups -OCH3 is 1. The molecule has 2 aliphatic carbocycles. The highest BCUT2D eigenvalue weighted by atomic mass is 16.5. The summed E-state index contributed by atoms with van der Waals surface area (Å²) in [4.78, 5) is 12.6. The van der Waals surface area contributed by atoms with Gasteiger partial charge in [-0.05, 0) is 30.6 Å². The molecule has 3 nitrogen and oxygen atoms in total. The summed E-state index contributed by atoms with van der Waals surface area (Å²) < 4.78 is 5.08. The van der Waals surface area contributed by atoms with Crippen molar-refractivity contribution in [3.63, 3.8) is 0 Å². The Morgan fingerprint density at radius 1 is 0.846 bits per heavy atom. The van der Waals surface area contributed by atoms with E-state index in [1.807, 2.05) is 0 Å². The zero-order valence-electron chi connectivity index (χ0n) is 17.3. The van der Waals surface area contributed by atoms with Crippen molar-refractivity contribution in [3.05, 3.63) is 0 Å². The highest BCUT2D eigenvalue weighted by molar-refractivity contribution is 5.76. The van der Waals surface area contributed by atoms with E-state index in [1.165, 1.54) is 83.5 Å². The smallest absolute Gasteiger partial charge is 0.220 e. The molecule has 3 heteroatoms. The Labute approximate surface area is 162 Å². The first-order chi connectivity index (χ1) is 12.8.